The molecule has 0 unspecified atom stereocenters. The van der Waals surface area contributed by atoms with Crippen molar-refractivity contribution in [3.05, 3.63) is 30.3 Å². The van der Waals surface area contributed by atoms with Gasteiger partial charge in [-0.3, -0.25) is 5.32 Å². The van der Waals surface area contributed by atoms with Gasteiger partial charge in [0.2, 0.25) is 0 Å². The van der Waals surface area contributed by atoms with E-state index in [0.717, 1.165) is 0 Å². The summed E-state index contributed by atoms with van der Waals surface area (Å²) in [6, 6.07) is 8.74. The normalized spacial score (nSPS) is 13.9. The summed E-state index contributed by atoms with van der Waals surface area (Å²) >= 11 is 0. The highest BCUT2D eigenvalue weighted by Gasteiger charge is 1.93. The minimum atomic E-state index is -1.04. The lowest BCUT2D eigenvalue weighted by Crippen LogP contribution is -2.06. The van der Waals surface area contributed by atoms with Crippen molar-refractivity contribution in [3.63, 3.8) is 0 Å². The quantitative estimate of drug-likeness (QED) is 0.662. The molecular weight excluding hydrogens is 192 g/mol. The summed E-state index contributed by atoms with van der Waals surface area (Å²) in [5, 5.41) is 13.7. The second kappa shape index (κ2) is 6.84. The van der Waals surface area contributed by atoms with Crippen LogP contribution in [0.25, 0.3) is 0 Å². The molecule has 1 amide bonds. The predicted octanol–water partition coefficient (Wildman–Crippen LogP) is 2.15. The first-order chi connectivity index (χ1) is 7.29. The van der Waals surface area contributed by atoms with Gasteiger partial charge in [0, 0.05) is 5.69 Å². The lowest BCUT2D eigenvalue weighted by molar-refractivity contribution is 0.210. The molecule has 1 aliphatic rings. The molecule has 15 heavy (non-hydrogen) atoms. The number of carboxylic acid groups (broad SMARTS) is 1. The van der Waals surface area contributed by atoms with Crippen molar-refractivity contribution in [2.75, 3.05) is 18.4 Å². The molecule has 1 aliphatic heterocycles. The average Bonchev–Trinajstić information content (AvgIpc) is 2.76. The van der Waals surface area contributed by atoms with Gasteiger partial charge in [0.05, 0.1) is 0 Å². The Hall–Kier alpha value is -1.55. The van der Waals surface area contributed by atoms with E-state index in [0.29, 0.717) is 5.69 Å². The van der Waals surface area contributed by atoms with Crippen LogP contribution >= 0.6 is 0 Å². The number of amides is 1. The zero-order valence-electron chi connectivity index (χ0n) is 8.57. The van der Waals surface area contributed by atoms with E-state index in [-0.39, 0.29) is 0 Å². The number of rotatable bonds is 1. The zero-order valence-corrected chi connectivity index (χ0v) is 8.57. The smallest absolute Gasteiger partial charge is 0.409 e. The molecule has 4 nitrogen and oxygen atoms in total. The fourth-order valence-corrected chi connectivity index (χ4v) is 1.27. The van der Waals surface area contributed by atoms with Gasteiger partial charge in [0.15, 0.2) is 0 Å². The lowest BCUT2D eigenvalue weighted by atomic mass is 10.3. The molecule has 1 aromatic rings. The standard InChI is InChI=1S/C7H7NO2.C4H9N/c9-7(10)8-6-4-2-1-3-5-6;1-2-4-5-3-1/h1-5,8H,(H,9,10);5H,1-4H2. The summed E-state index contributed by atoms with van der Waals surface area (Å²) in [5.41, 5.74) is 0.593. The number of anilines is 1. The Kier molecular flexibility index (Phi) is 5.25. The van der Waals surface area contributed by atoms with Crippen molar-refractivity contribution in [1.29, 1.82) is 0 Å². The van der Waals surface area contributed by atoms with E-state index in [1.807, 2.05) is 6.07 Å². The maximum Gasteiger partial charge on any atom is 0.409 e. The summed E-state index contributed by atoms with van der Waals surface area (Å²) in [5.74, 6) is 0. The van der Waals surface area contributed by atoms with Gasteiger partial charge < -0.3 is 10.4 Å². The van der Waals surface area contributed by atoms with E-state index in [9.17, 15) is 4.79 Å². The summed E-state index contributed by atoms with van der Waals surface area (Å²) in [4.78, 5) is 10.1. The largest absolute Gasteiger partial charge is 0.465 e. The molecule has 1 heterocycles. The first kappa shape index (κ1) is 11.5. The van der Waals surface area contributed by atoms with Crippen LogP contribution in [-0.2, 0) is 0 Å². The third-order valence-corrected chi connectivity index (χ3v) is 1.98. The first-order valence-electron chi connectivity index (χ1n) is 5.05. The van der Waals surface area contributed by atoms with Crippen LogP contribution < -0.4 is 10.6 Å². The maximum atomic E-state index is 10.1. The van der Waals surface area contributed by atoms with E-state index >= 15 is 0 Å². The molecule has 0 saturated carbocycles. The summed E-state index contributed by atoms with van der Waals surface area (Å²) in [7, 11) is 0. The van der Waals surface area contributed by atoms with Crippen molar-refractivity contribution in [1.82, 2.24) is 5.32 Å². The molecule has 0 radical (unpaired) electrons. The summed E-state index contributed by atoms with van der Waals surface area (Å²) in [6.45, 7) is 2.50. The molecule has 1 fully saturated rings. The predicted molar refractivity (Wildman–Crippen MR) is 60.2 cm³/mol. The highest BCUT2D eigenvalue weighted by atomic mass is 16.4. The second-order valence-corrected chi connectivity index (χ2v) is 3.25. The van der Waals surface area contributed by atoms with E-state index < -0.39 is 6.09 Å². The van der Waals surface area contributed by atoms with Crippen LogP contribution in [0.5, 0.6) is 0 Å². The van der Waals surface area contributed by atoms with Gasteiger partial charge in [-0.2, -0.15) is 0 Å². The van der Waals surface area contributed by atoms with Crippen molar-refractivity contribution in [2.24, 2.45) is 0 Å². The Bertz CT molecular complexity index is 276. The molecule has 1 saturated heterocycles. The van der Waals surface area contributed by atoms with Crippen molar-refractivity contribution >= 4 is 11.8 Å². The third-order valence-electron chi connectivity index (χ3n) is 1.98. The van der Waals surface area contributed by atoms with Gasteiger partial charge in [-0.05, 0) is 38.1 Å². The molecule has 2 rings (SSSR count). The molecule has 0 atom stereocenters. The van der Waals surface area contributed by atoms with E-state index in [2.05, 4.69) is 10.6 Å². The molecule has 3 N–H and O–H groups in total. The fraction of sp³-hybridized carbons (Fsp3) is 0.364. The first-order valence-corrected chi connectivity index (χ1v) is 5.05. The van der Waals surface area contributed by atoms with Crippen LogP contribution in [-0.4, -0.2) is 24.3 Å². The molecule has 1 aromatic carbocycles. The Morgan fingerprint density at radius 3 is 2.20 bits per heavy atom. The highest BCUT2D eigenvalue weighted by Crippen LogP contribution is 2.03. The van der Waals surface area contributed by atoms with Crippen molar-refractivity contribution in [3.8, 4) is 0 Å². The molecule has 4 heteroatoms. The van der Waals surface area contributed by atoms with E-state index in [4.69, 9.17) is 5.11 Å². The third kappa shape index (κ3) is 5.70. The van der Waals surface area contributed by atoms with Gasteiger partial charge in [0.1, 0.15) is 0 Å². The molecule has 0 bridgehead atoms. The van der Waals surface area contributed by atoms with Gasteiger partial charge in [0.25, 0.3) is 0 Å². The number of hydrogen-bond acceptors (Lipinski definition) is 2. The monoisotopic (exact) mass is 208 g/mol. The van der Waals surface area contributed by atoms with Gasteiger partial charge in [-0.15, -0.1) is 0 Å². The topological polar surface area (TPSA) is 61.4 Å². The number of para-hydroxylation sites is 1. The van der Waals surface area contributed by atoms with Crippen LogP contribution in [0, 0.1) is 0 Å². The molecule has 0 aliphatic carbocycles. The Labute approximate surface area is 89.3 Å². The average molecular weight is 208 g/mol. The van der Waals surface area contributed by atoms with Crippen LogP contribution in [0.15, 0.2) is 30.3 Å². The Balaban J connectivity index is 0.000000187. The minimum absolute atomic E-state index is 0.593. The summed E-state index contributed by atoms with van der Waals surface area (Å²) < 4.78 is 0. The molecule has 0 aromatic heterocycles. The zero-order chi connectivity index (χ0) is 10.9. The maximum absolute atomic E-state index is 10.1. The van der Waals surface area contributed by atoms with Crippen LogP contribution in [0.2, 0.25) is 0 Å². The van der Waals surface area contributed by atoms with Crippen LogP contribution in [0.4, 0.5) is 10.5 Å². The SMILES string of the molecule is C1CCNC1.O=C(O)Nc1ccccc1. The van der Waals surface area contributed by atoms with E-state index in [1.165, 1.54) is 25.9 Å². The second-order valence-electron chi connectivity index (χ2n) is 3.25. The molecule has 82 valence electrons. The lowest BCUT2D eigenvalue weighted by Gasteiger charge is -1.96. The minimum Gasteiger partial charge on any atom is -0.465 e. The van der Waals surface area contributed by atoms with Gasteiger partial charge in [-0.1, -0.05) is 18.2 Å². The van der Waals surface area contributed by atoms with Gasteiger partial charge >= 0.3 is 6.09 Å². The molecular formula is C11H16N2O2. The van der Waals surface area contributed by atoms with E-state index in [1.54, 1.807) is 24.3 Å². The Morgan fingerprint density at radius 2 is 1.80 bits per heavy atom. The van der Waals surface area contributed by atoms with Crippen molar-refractivity contribution < 1.29 is 9.90 Å². The highest BCUT2D eigenvalue weighted by molar-refractivity contribution is 5.82. The van der Waals surface area contributed by atoms with Gasteiger partial charge in [-0.25, -0.2) is 4.79 Å². The van der Waals surface area contributed by atoms with Crippen LogP contribution in [0.3, 0.4) is 0 Å². The number of benzene rings is 1. The molecule has 0 spiro atoms. The Morgan fingerprint density at radius 1 is 1.20 bits per heavy atom. The van der Waals surface area contributed by atoms with Crippen molar-refractivity contribution in [2.45, 2.75) is 12.8 Å². The fourth-order valence-electron chi connectivity index (χ4n) is 1.27. The van der Waals surface area contributed by atoms with Crippen LogP contribution in [0.1, 0.15) is 12.8 Å². The summed E-state index contributed by atoms with van der Waals surface area (Å²) in [6.07, 6.45) is 1.74. The number of nitrogens with one attached hydrogen (secondary N) is 2. The number of hydrogen-bond donors (Lipinski definition) is 3. The number of carbonyl (C=O) groups is 1.